The van der Waals surface area contributed by atoms with E-state index in [9.17, 15) is 5.11 Å². The highest BCUT2D eigenvalue weighted by molar-refractivity contribution is 5.36. The first kappa shape index (κ1) is 14.8. The lowest BCUT2D eigenvalue weighted by atomic mass is 9.94. The summed E-state index contributed by atoms with van der Waals surface area (Å²) in [6.45, 7) is 4.38. The Hall–Kier alpha value is -1.64. The zero-order valence-electron chi connectivity index (χ0n) is 12.2. The summed E-state index contributed by atoms with van der Waals surface area (Å²) in [6, 6.07) is 19.1. The van der Waals surface area contributed by atoms with Crippen LogP contribution in [0.2, 0.25) is 0 Å². The Bertz CT molecular complexity index is 520. The van der Waals surface area contributed by atoms with Crippen molar-refractivity contribution >= 4 is 0 Å². The lowest BCUT2D eigenvalue weighted by molar-refractivity contribution is 0.232. The van der Waals surface area contributed by atoms with Crippen LogP contribution in [0.1, 0.15) is 36.1 Å². The van der Waals surface area contributed by atoms with Gasteiger partial charge in [-0.05, 0) is 30.0 Å². The molecule has 0 aromatic heterocycles. The van der Waals surface area contributed by atoms with Crippen LogP contribution >= 0.6 is 0 Å². The van der Waals surface area contributed by atoms with E-state index in [0.29, 0.717) is 0 Å². The summed E-state index contributed by atoms with van der Waals surface area (Å²) in [5.74, 6) is 0. The van der Waals surface area contributed by atoms with Crippen molar-refractivity contribution in [2.24, 2.45) is 0 Å². The Balaban J connectivity index is 2.37. The smallest absolute Gasteiger partial charge is 0.0584 e. The summed E-state index contributed by atoms with van der Waals surface area (Å²) < 4.78 is 0. The van der Waals surface area contributed by atoms with Gasteiger partial charge in [-0.2, -0.15) is 0 Å². The van der Waals surface area contributed by atoms with Crippen molar-refractivity contribution in [2.45, 2.75) is 32.4 Å². The molecule has 106 valence electrons. The Labute approximate surface area is 121 Å². The molecule has 2 rings (SSSR count). The molecule has 20 heavy (non-hydrogen) atoms. The average molecular weight is 269 g/mol. The molecule has 0 aliphatic carbocycles. The maximum absolute atomic E-state index is 9.48. The van der Waals surface area contributed by atoms with Crippen molar-refractivity contribution in [3.05, 3.63) is 71.3 Å². The third-order valence-electron chi connectivity index (χ3n) is 3.75. The fourth-order valence-electron chi connectivity index (χ4n) is 2.46. The van der Waals surface area contributed by atoms with E-state index in [0.717, 1.165) is 6.42 Å². The van der Waals surface area contributed by atoms with E-state index in [-0.39, 0.29) is 18.7 Å². The zero-order chi connectivity index (χ0) is 14.4. The van der Waals surface area contributed by atoms with Crippen LogP contribution in [0.25, 0.3) is 0 Å². The monoisotopic (exact) mass is 269 g/mol. The highest BCUT2D eigenvalue weighted by Crippen LogP contribution is 2.25. The number of aryl methyl sites for hydroxylation is 1. The molecule has 2 atom stereocenters. The SMILES string of the molecule is CC[C@@H](CO)NC(c1ccccc1)c1ccccc1C. The summed E-state index contributed by atoms with van der Waals surface area (Å²) in [5.41, 5.74) is 3.76. The Morgan fingerprint density at radius 2 is 1.65 bits per heavy atom. The fraction of sp³-hybridized carbons (Fsp3) is 0.333. The molecule has 2 nitrogen and oxygen atoms in total. The lowest BCUT2D eigenvalue weighted by Crippen LogP contribution is -2.36. The second-order valence-corrected chi connectivity index (χ2v) is 5.15. The first-order valence-electron chi connectivity index (χ1n) is 7.23. The number of aliphatic hydroxyl groups is 1. The largest absolute Gasteiger partial charge is 0.395 e. The highest BCUT2D eigenvalue weighted by Gasteiger charge is 2.18. The van der Waals surface area contributed by atoms with Gasteiger partial charge in [0.15, 0.2) is 0 Å². The minimum Gasteiger partial charge on any atom is -0.395 e. The quantitative estimate of drug-likeness (QED) is 0.842. The topological polar surface area (TPSA) is 32.3 Å². The van der Waals surface area contributed by atoms with E-state index in [1.54, 1.807) is 0 Å². The van der Waals surface area contributed by atoms with E-state index in [4.69, 9.17) is 0 Å². The molecule has 0 saturated carbocycles. The predicted octanol–water partition coefficient (Wildman–Crippen LogP) is 3.44. The van der Waals surface area contributed by atoms with Crippen molar-refractivity contribution in [2.75, 3.05) is 6.61 Å². The Morgan fingerprint density at radius 3 is 2.25 bits per heavy atom. The summed E-state index contributed by atoms with van der Waals surface area (Å²) in [7, 11) is 0. The van der Waals surface area contributed by atoms with Gasteiger partial charge in [0, 0.05) is 6.04 Å². The van der Waals surface area contributed by atoms with Crippen molar-refractivity contribution in [1.82, 2.24) is 5.32 Å². The van der Waals surface area contributed by atoms with E-state index < -0.39 is 0 Å². The molecule has 2 heteroatoms. The third-order valence-corrected chi connectivity index (χ3v) is 3.75. The van der Waals surface area contributed by atoms with E-state index >= 15 is 0 Å². The van der Waals surface area contributed by atoms with Crippen molar-refractivity contribution in [3.8, 4) is 0 Å². The molecule has 0 fully saturated rings. The van der Waals surface area contributed by atoms with Crippen LogP contribution in [0.3, 0.4) is 0 Å². The van der Waals surface area contributed by atoms with Crippen LogP contribution < -0.4 is 5.32 Å². The number of hydrogen-bond donors (Lipinski definition) is 2. The molecule has 1 unspecified atom stereocenters. The molecule has 0 amide bonds. The maximum Gasteiger partial charge on any atom is 0.0584 e. The van der Waals surface area contributed by atoms with Gasteiger partial charge in [0.25, 0.3) is 0 Å². The van der Waals surface area contributed by atoms with Gasteiger partial charge in [0.1, 0.15) is 0 Å². The molecule has 2 aromatic rings. The van der Waals surface area contributed by atoms with Gasteiger partial charge >= 0.3 is 0 Å². The van der Waals surface area contributed by atoms with Gasteiger partial charge in [-0.3, -0.25) is 0 Å². The van der Waals surface area contributed by atoms with E-state index in [1.165, 1.54) is 16.7 Å². The third kappa shape index (κ3) is 3.47. The molecule has 2 N–H and O–H groups in total. The molecular weight excluding hydrogens is 246 g/mol. The van der Waals surface area contributed by atoms with Crippen LogP contribution in [0.15, 0.2) is 54.6 Å². The first-order valence-corrected chi connectivity index (χ1v) is 7.23. The zero-order valence-corrected chi connectivity index (χ0v) is 12.2. The number of hydrogen-bond acceptors (Lipinski definition) is 2. The van der Waals surface area contributed by atoms with Crippen LogP contribution in [-0.4, -0.2) is 17.8 Å². The molecule has 0 bridgehead atoms. The highest BCUT2D eigenvalue weighted by atomic mass is 16.3. The lowest BCUT2D eigenvalue weighted by Gasteiger charge is -2.26. The normalized spacial score (nSPS) is 13.9. The van der Waals surface area contributed by atoms with Gasteiger partial charge in [-0.1, -0.05) is 61.5 Å². The van der Waals surface area contributed by atoms with Crippen molar-refractivity contribution in [1.29, 1.82) is 0 Å². The van der Waals surface area contributed by atoms with Crippen molar-refractivity contribution < 1.29 is 5.11 Å². The second-order valence-electron chi connectivity index (χ2n) is 5.15. The van der Waals surface area contributed by atoms with Crippen LogP contribution in [-0.2, 0) is 0 Å². The second kappa shape index (κ2) is 7.22. The summed E-state index contributed by atoms with van der Waals surface area (Å²) in [4.78, 5) is 0. The molecule has 0 radical (unpaired) electrons. The fourth-order valence-corrected chi connectivity index (χ4v) is 2.46. The summed E-state index contributed by atoms with van der Waals surface area (Å²) in [5, 5.41) is 13.1. The standard InChI is InChI=1S/C18H23NO/c1-3-16(13-20)19-18(15-10-5-4-6-11-15)17-12-8-7-9-14(17)2/h4-12,16,18-20H,3,13H2,1-2H3/t16-,18?/m0/s1. The van der Waals surface area contributed by atoms with Crippen LogP contribution in [0, 0.1) is 6.92 Å². The van der Waals surface area contributed by atoms with Gasteiger partial charge in [0.05, 0.1) is 12.6 Å². The molecule has 0 aliphatic heterocycles. The van der Waals surface area contributed by atoms with Crippen LogP contribution in [0.4, 0.5) is 0 Å². The first-order chi connectivity index (χ1) is 9.76. The molecule has 0 heterocycles. The summed E-state index contributed by atoms with van der Waals surface area (Å²) >= 11 is 0. The van der Waals surface area contributed by atoms with Gasteiger partial charge in [-0.15, -0.1) is 0 Å². The number of nitrogens with one attached hydrogen (secondary N) is 1. The molecule has 2 aromatic carbocycles. The molecule has 0 spiro atoms. The number of aliphatic hydroxyl groups excluding tert-OH is 1. The predicted molar refractivity (Wildman–Crippen MR) is 83.8 cm³/mol. The van der Waals surface area contributed by atoms with Gasteiger partial charge < -0.3 is 10.4 Å². The van der Waals surface area contributed by atoms with E-state index in [2.05, 4.69) is 67.7 Å². The molecule has 0 saturated heterocycles. The number of benzene rings is 2. The van der Waals surface area contributed by atoms with Gasteiger partial charge in [-0.25, -0.2) is 0 Å². The summed E-state index contributed by atoms with van der Waals surface area (Å²) in [6.07, 6.45) is 0.908. The molecular formula is C18H23NO. The van der Waals surface area contributed by atoms with Crippen molar-refractivity contribution in [3.63, 3.8) is 0 Å². The Kier molecular flexibility index (Phi) is 5.33. The van der Waals surface area contributed by atoms with Gasteiger partial charge in [0.2, 0.25) is 0 Å². The van der Waals surface area contributed by atoms with E-state index in [1.807, 2.05) is 6.07 Å². The Morgan fingerprint density at radius 1 is 1.00 bits per heavy atom. The minimum absolute atomic E-state index is 0.111. The number of rotatable bonds is 6. The molecule has 0 aliphatic rings. The van der Waals surface area contributed by atoms with Crippen LogP contribution in [0.5, 0.6) is 0 Å². The maximum atomic E-state index is 9.48. The minimum atomic E-state index is 0.111. The average Bonchev–Trinajstić information content (AvgIpc) is 2.51.